The predicted molar refractivity (Wildman–Crippen MR) is 70.9 cm³/mol. The number of hydrogen-bond donors (Lipinski definition) is 1. The molecular formula is C16H17N. The number of nitrogens with two attached hydrogens (primary N) is 1. The minimum absolute atomic E-state index is 0.287. The zero-order valence-electron chi connectivity index (χ0n) is 10.1. The topological polar surface area (TPSA) is 26.0 Å². The quantitative estimate of drug-likeness (QED) is 0.789. The van der Waals surface area contributed by atoms with Crippen LogP contribution in [0.25, 0.3) is 0 Å². The smallest absolute Gasteiger partial charge is 0.0671 e. The number of rotatable bonds is 1. The van der Waals surface area contributed by atoms with Crippen molar-refractivity contribution in [1.29, 1.82) is 0 Å². The van der Waals surface area contributed by atoms with Gasteiger partial charge < -0.3 is 5.73 Å². The third-order valence-electron chi connectivity index (χ3n) is 3.85. The highest BCUT2D eigenvalue weighted by Crippen LogP contribution is 2.39. The molecule has 1 aliphatic carbocycles. The summed E-state index contributed by atoms with van der Waals surface area (Å²) in [7, 11) is 0. The van der Waals surface area contributed by atoms with E-state index in [1.165, 1.54) is 22.3 Å². The van der Waals surface area contributed by atoms with E-state index in [0.29, 0.717) is 0 Å². The fourth-order valence-corrected chi connectivity index (χ4v) is 2.79. The van der Waals surface area contributed by atoms with Crippen molar-refractivity contribution < 1.29 is 0 Å². The lowest BCUT2D eigenvalue weighted by Crippen LogP contribution is -2.35. The van der Waals surface area contributed by atoms with Crippen molar-refractivity contribution in [3.05, 3.63) is 70.8 Å². The second kappa shape index (κ2) is 3.71. The van der Waals surface area contributed by atoms with Crippen LogP contribution in [0.4, 0.5) is 0 Å². The molecule has 2 aromatic rings. The Morgan fingerprint density at radius 3 is 2.47 bits per heavy atom. The van der Waals surface area contributed by atoms with Gasteiger partial charge in [0.05, 0.1) is 5.54 Å². The lowest BCUT2D eigenvalue weighted by molar-refractivity contribution is 0.535. The van der Waals surface area contributed by atoms with Crippen molar-refractivity contribution >= 4 is 0 Å². The highest BCUT2D eigenvalue weighted by Gasteiger charge is 2.35. The second-order valence-electron chi connectivity index (χ2n) is 4.99. The van der Waals surface area contributed by atoms with Crippen LogP contribution in [0.3, 0.4) is 0 Å². The Balaban J connectivity index is 2.12. The SMILES string of the molecule is Cc1ccc(C2(N)CCc3ccccc32)cc1. The average molecular weight is 223 g/mol. The molecule has 0 aliphatic heterocycles. The molecule has 0 aromatic heterocycles. The van der Waals surface area contributed by atoms with Crippen LogP contribution >= 0.6 is 0 Å². The molecule has 0 radical (unpaired) electrons. The van der Waals surface area contributed by atoms with Gasteiger partial charge in [-0.25, -0.2) is 0 Å². The molecule has 2 N–H and O–H groups in total. The van der Waals surface area contributed by atoms with Crippen LogP contribution in [0.15, 0.2) is 48.5 Å². The number of benzene rings is 2. The van der Waals surface area contributed by atoms with Gasteiger partial charge in [0.1, 0.15) is 0 Å². The first-order valence-corrected chi connectivity index (χ1v) is 6.14. The highest BCUT2D eigenvalue weighted by atomic mass is 14.8. The first kappa shape index (κ1) is 10.5. The van der Waals surface area contributed by atoms with Gasteiger partial charge in [0.25, 0.3) is 0 Å². The van der Waals surface area contributed by atoms with E-state index in [2.05, 4.69) is 55.5 Å². The summed E-state index contributed by atoms with van der Waals surface area (Å²) in [6.45, 7) is 2.11. The lowest BCUT2D eigenvalue weighted by Gasteiger charge is -2.26. The monoisotopic (exact) mass is 223 g/mol. The van der Waals surface area contributed by atoms with Crippen molar-refractivity contribution in [2.24, 2.45) is 5.73 Å². The molecule has 1 aliphatic rings. The van der Waals surface area contributed by atoms with Crippen molar-refractivity contribution in [3.8, 4) is 0 Å². The van der Waals surface area contributed by atoms with Crippen LogP contribution in [-0.4, -0.2) is 0 Å². The Labute approximate surface area is 102 Å². The molecule has 86 valence electrons. The first-order valence-electron chi connectivity index (χ1n) is 6.14. The van der Waals surface area contributed by atoms with Crippen molar-refractivity contribution in [2.75, 3.05) is 0 Å². The molecule has 3 rings (SSSR count). The summed E-state index contributed by atoms with van der Waals surface area (Å²) in [5.74, 6) is 0. The van der Waals surface area contributed by atoms with Crippen molar-refractivity contribution in [3.63, 3.8) is 0 Å². The van der Waals surface area contributed by atoms with Crippen LogP contribution in [0.5, 0.6) is 0 Å². The third kappa shape index (κ3) is 1.58. The van der Waals surface area contributed by atoms with E-state index in [1.54, 1.807) is 0 Å². The minimum atomic E-state index is -0.287. The van der Waals surface area contributed by atoms with Crippen LogP contribution in [0.2, 0.25) is 0 Å². The van der Waals surface area contributed by atoms with Crippen LogP contribution in [0.1, 0.15) is 28.7 Å². The number of hydrogen-bond acceptors (Lipinski definition) is 1. The zero-order valence-corrected chi connectivity index (χ0v) is 10.1. The summed E-state index contributed by atoms with van der Waals surface area (Å²) in [5, 5.41) is 0. The standard InChI is InChI=1S/C16H17N/c1-12-6-8-14(9-7-12)16(17)11-10-13-4-2-3-5-15(13)16/h2-9H,10-11,17H2,1H3. The van der Waals surface area contributed by atoms with Crippen LogP contribution in [-0.2, 0) is 12.0 Å². The Morgan fingerprint density at radius 1 is 1.00 bits per heavy atom. The molecule has 0 fully saturated rings. The Bertz CT molecular complexity index is 542. The van der Waals surface area contributed by atoms with Gasteiger partial charge in [-0.2, -0.15) is 0 Å². The van der Waals surface area contributed by atoms with Gasteiger partial charge in [0.15, 0.2) is 0 Å². The molecule has 0 saturated heterocycles. The normalized spacial score (nSPS) is 22.5. The summed E-state index contributed by atoms with van der Waals surface area (Å²) in [6.07, 6.45) is 2.09. The van der Waals surface area contributed by atoms with Gasteiger partial charge in [0, 0.05) is 0 Å². The molecular weight excluding hydrogens is 206 g/mol. The summed E-state index contributed by atoms with van der Waals surface area (Å²) >= 11 is 0. The number of aryl methyl sites for hydroxylation is 2. The zero-order chi connectivity index (χ0) is 11.9. The highest BCUT2D eigenvalue weighted by molar-refractivity contribution is 5.46. The molecule has 0 amide bonds. The maximum atomic E-state index is 6.64. The fraction of sp³-hybridized carbons (Fsp3) is 0.250. The molecule has 0 saturated carbocycles. The van der Waals surface area contributed by atoms with E-state index in [9.17, 15) is 0 Å². The van der Waals surface area contributed by atoms with E-state index in [1.807, 2.05) is 0 Å². The van der Waals surface area contributed by atoms with E-state index < -0.39 is 0 Å². The Hall–Kier alpha value is -1.60. The van der Waals surface area contributed by atoms with Crippen molar-refractivity contribution in [2.45, 2.75) is 25.3 Å². The Morgan fingerprint density at radius 2 is 1.71 bits per heavy atom. The van der Waals surface area contributed by atoms with Gasteiger partial charge in [-0.1, -0.05) is 54.1 Å². The molecule has 0 heterocycles. The summed E-state index contributed by atoms with van der Waals surface area (Å²) in [6, 6.07) is 17.2. The maximum absolute atomic E-state index is 6.64. The van der Waals surface area contributed by atoms with E-state index in [-0.39, 0.29) is 5.54 Å². The molecule has 2 aromatic carbocycles. The third-order valence-corrected chi connectivity index (χ3v) is 3.85. The lowest BCUT2D eigenvalue weighted by atomic mass is 9.85. The first-order chi connectivity index (χ1) is 8.20. The molecule has 0 spiro atoms. The summed E-state index contributed by atoms with van der Waals surface area (Å²) in [4.78, 5) is 0. The van der Waals surface area contributed by atoms with Gasteiger partial charge in [-0.15, -0.1) is 0 Å². The summed E-state index contributed by atoms with van der Waals surface area (Å²) in [5.41, 5.74) is 11.6. The minimum Gasteiger partial charge on any atom is -0.318 e. The molecule has 1 unspecified atom stereocenters. The molecule has 1 atom stereocenters. The maximum Gasteiger partial charge on any atom is 0.0671 e. The van der Waals surface area contributed by atoms with E-state index in [0.717, 1.165) is 12.8 Å². The van der Waals surface area contributed by atoms with Gasteiger partial charge in [0.2, 0.25) is 0 Å². The van der Waals surface area contributed by atoms with Crippen LogP contribution < -0.4 is 5.73 Å². The van der Waals surface area contributed by atoms with Gasteiger partial charge in [-0.3, -0.25) is 0 Å². The van der Waals surface area contributed by atoms with E-state index >= 15 is 0 Å². The fourth-order valence-electron chi connectivity index (χ4n) is 2.79. The molecule has 1 nitrogen and oxygen atoms in total. The number of fused-ring (bicyclic) bond motifs is 1. The average Bonchev–Trinajstić information content (AvgIpc) is 2.70. The Kier molecular flexibility index (Phi) is 2.30. The van der Waals surface area contributed by atoms with Crippen LogP contribution in [0, 0.1) is 6.92 Å². The van der Waals surface area contributed by atoms with Crippen molar-refractivity contribution in [1.82, 2.24) is 0 Å². The van der Waals surface area contributed by atoms with Gasteiger partial charge >= 0.3 is 0 Å². The molecule has 17 heavy (non-hydrogen) atoms. The predicted octanol–water partition coefficient (Wildman–Crippen LogP) is 3.14. The second-order valence-corrected chi connectivity index (χ2v) is 4.99. The molecule has 1 heteroatoms. The molecule has 0 bridgehead atoms. The summed E-state index contributed by atoms with van der Waals surface area (Å²) < 4.78 is 0. The largest absolute Gasteiger partial charge is 0.318 e. The van der Waals surface area contributed by atoms with E-state index in [4.69, 9.17) is 5.73 Å². The van der Waals surface area contributed by atoms with Gasteiger partial charge in [-0.05, 0) is 36.5 Å².